The van der Waals surface area contributed by atoms with Gasteiger partial charge in [-0.05, 0) is 79.7 Å². The zero-order chi connectivity index (χ0) is 24.3. The second kappa shape index (κ2) is 10.1. The van der Waals surface area contributed by atoms with Crippen LogP contribution in [0.15, 0.2) is 45.7 Å². The molecule has 180 valence electrons. The van der Waals surface area contributed by atoms with Crippen molar-refractivity contribution in [3.05, 3.63) is 53.1 Å². The van der Waals surface area contributed by atoms with Gasteiger partial charge >= 0.3 is 12.6 Å². The Morgan fingerprint density at radius 2 is 1.88 bits per heavy atom. The molecule has 0 saturated heterocycles. The number of alkyl halides is 2. The summed E-state index contributed by atoms with van der Waals surface area (Å²) in [5, 5.41) is 8.63. The molecule has 0 heterocycles. The number of ether oxygens (including phenoxy) is 1. The molecule has 2 amide bonds. The van der Waals surface area contributed by atoms with Crippen LogP contribution in [0.25, 0.3) is 0 Å². The molecule has 0 aromatic heterocycles. The quantitative estimate of drug-likeness (QED) is 0.537. The molecule has 2 aromatic rings. The summed E-state index contributed by atoms with van der Waals surface area (Å²) in [6, 6.07) is 8.94. The summed E-state index contributed by atoms with van der Waals surface area (Å²) < 4.78 is 46.9. The van der Waals surface area contributed by atoms with E-state index in [0.717, 1.165) is 18.4 Å². The molecule has 1 fully saturated rings. The van der Waals surface area contributed by atoms with Crippen molar-refractivity contribution < 1.29 is 22.5 Å². The minimum Gasteiger partial charge on any atom is -0.435 e. The maximum atomic E-state index is 13.0. The molecule has 2 aromatic carbocycles. The second-order valence-corrected chi connectivity index (χ2v) is 10.5. The van der Waals surface area contributed by atoms with Gasteiger partial charge in [0.25, 0.3) is 0 Å². The maximum Gasteiger partial charge on any atom is 0.387 e. The number of carbonyl (C=O) groups excluding carboxylic acids is 1. The van der Waals surface area contributed by atoms with Crippen LogP contribution in [0, 0.1) is 0 Å². The Kier molecular flexibility index (Phi) is 7.71. The summed E-state index contributed by atoms with van der Waals surface area (Å²) in [5.74, 6) is 0.0852. The van der Waals surface area contributed by atoms with Crippen molar-refractivity contribution in [1.82, 2.24) is 4.90 Å². The van der Waals surface area contributed by atoms with Gasteiger partial charge in [0.15, 0.2) is 0 Å². The predicted molar refractivity (Wildman–Crippen MR) is 125 cm³/mol. The Bertz CT molecular complexity index is 1100. The van der Waals surface area contributed by atoms with Gasteiger partial charge in [-0.25, -0.2) is 14.1 Å². The first-order chi connectivity index (χ1) is 15.5. The van der Waals surface area contributed by atoms with Crippen LogP contribution >= 0.6 is 0 Å². The van der Waals surface area contributed by atoms with Crippen molar-refractivity contribution in [2.24, 2.45) is 9.50 Å². The average molecular weight is 481 g/mol. The lowest BCUT2D eigenvalue weighted by Gasteiger charge is -2.19. The van der Waals surface area contributed by atoms with Gasteiger partial charge in [0.1, 0.15) is 15.7 Å². The maximum absolute atomic E-state index is 13.0. The number of amides is 2. The van der Waals surface area contributed by atoms with Gasteiger partial charge < -0.3 is 15.0 Å². The van der Waals surface area contributed by atoms with Gasteiger partial charge in [0.2, 0.25) is 0 Å². The van der Waals surface area contributed by atoms with Crippen LogP contribution in [0.5, 0.6) is 5.75 Å². The summed E-state index contributed by atoms with van der Waals surface area (Å²) in [6.45, 7) is 1.52. The van der Waals surface area contributed by atoms with E-state index in [2.05, 4.69) is 14.4 Å². The number of urea groups is 1. The lowest BCUT2D eigenvalue weighted by molar-refractivity contribution is -0.0499. The number of carbonyl (C=O) groups is 1. The number of anilines is 1. The Morgan fingerprint density at radius 1 is 1.24 bits per heavy atom. The molecule has 1 aliphatic rings. The van der Waals surface area contributed by atoms with Crippen LogP contribution < -0.4 is 15.2 Å². The smallest absolute Gasteiger partial charge is 0.387 e. The van der Waals surface area contributed by atoms with E-state index in [1.54, 1.807) is 24.3 Å². The number of nitrogens with two attached hydrogens (primary N) is 1. The highest BCUT2D eigenvalue weighted by atomic mass is 32.2. The van der Waals surface area contributed by atoms with Gasteiger partial charge in [0, 0.05) is 12.2 Å². The van der Waals surface area contributed by atoms with Gasteiger partial charge in [-0.3, -0.25) is 0 Å². The normalized spacial score (nSPS) is 15.6. The third kappa shape index (κ3) is 6.72. The number of rotatable bonds is 8. The zero-order valence-corrected chi connectivity index (χ0v) is 20.0. The number of halogens is 2. The average Bonchev–Trinajstić information content (AvgIpc) is 3.53. The summed E-state index contributed by atoms with van der Waals surface area (Å²) >= 11 is 0. The molecule has 1 unspecified atom stereocenters. The van der Waals surface area contributed by atoms with E-state index >= 15 is 0 Å². The van der Waals surface area contributed by atoms with Gasteiger partial charge in [-0.15, -0.1) is 4.36 Å². The first-order valence-corrected chi connectivity index (χ1v) is 12.3. The monoisotopic (exact) mass is 480 g/mol. The Balaban J connectivity index is 1.91. The lowest BCUT2D eigenvalue weighted by Crippen LogP contribution is -2.19. The fourth-order valence-corrected chi connectivity index (χ4v) is 4.53. The number of hydrogen-bond acceptors (Lipinski definition) is 4. The van der Waals surface area contributed by atoms with Crippen molar-refractivity contribution in [2.75, 3.05) is 19.4 Å². The molecule has 3 rings (SSSR count). The topological polar surface area (TPSA) is 97.0 Å². The first-order valence-electron chi connectivity index (χ1n) is 10.7. The summed E-state index contributed by atoms with van der Waals surface area (Å²) in [5.41, 5.74) is 2.83. The predicted octanol–water partition coefficient (Wildman–Crippen LogP) is 5.28. The van der Waals surface area contributed by atoms with E-state index in [0.29, 0.717) is 23.4 Å². The highest BCUT2D eigenvalue weighted by molar-refractivity contribution is 7.91. The zero-order valence-electron chi connectivity index (χ0n) is 19.2. The van der Waals surface area contributed by atoms with Crippen molar-refractivity contribution in [1.29, 1.82) is 0 Å². The van der Waals surface area contributed by atoms with Gasteiger partial charge in [-0.2, -0.15) is 8.78 Å². The highest BCUT2D eigenvalue weighted by Gasteiger charge is 2.30. The number of nitrogens with one attached hydrogen (secondary N) is 1. The van der Waals surface area contributed by atoms with Crippen LogP contribution in [0.2, 0.25) is 0 Å². The SMILES string of the molecule is CC(C)c1cc(OC(F)F)cc(C2CC2)c1NC(=O)N=S(N)(=O)c1ccc(CN(C)C)cc1. The highest BCUT2D eigenvalue weighted by Crippen LogP contribution is 2.47. The van der Waals surface area contributed by atoms with E-state index in [-0.39, 0.29) is 22.5 Å². The summed E-state index contributed by atoms with van der Waals surface area (Å²) in [6.07, 6.45) is 1.76. The Morgan fingerprint density at radius 3 is 2.39 bits per heavy atom. The third-order valence-corrected chi connectivity index (χ3v) is 6.63. The lowest BCUT2D eigenvalue weighted by atomic mass is 9.95. The van der Waals surface area contributed by atoms with Gasteiger partial charge in [0.05, 0.1) is 4.90 Å². The molecule has 1 atom stereocenters. The Hall–Kier alpha value is -2.56. The fourth-order valence-electron chi connectivity index (χ4n) is 3.61. The van der Waals surface area contributed by atoms with Crippen molar-refractivity contribution in [2.45, 2.75) is 56.6 Å². The fraction of sp³-hybridized carbons (Fsp3) is 0.435. The summed E-state index contributed by atoms with van der Waals surface area (Å²) in [7, 11) is 0.401. The molecule has 0 bridgehead atoms. The molecular weight excluding hydrogens is 450 g/mol. The number of hydrogen-bond donors (Lipinski definition) is 2. The minimum absolute atomic E-state index is 0.0472. The van der Waals surface area contributed by atoms with E-state index < -0.39 is 22.6 Å². The molecule has 0 spiro atoms. The summed E-state index contributed by atoms with van der Waals surface area (Å²) in [4.78, 5) is 15.0. The van der Waals surface area contributed by atoms with Crippen LogP contribution in [-0.2, 0) is 16.5 Å². The van der Waals surface area contributed by atoms with Crippen LogP contribution in [0.4, 0.5) is 19.3 Å². The minimum atomic E-state index is -3.47. The largest absolute Gasteiger partial charge is 0.435 e. The number of benzene rings is 2. The van der Waals surface area contributed by atoms with Crippen LogP contribution in [0.3, 0.4) is 0 Å². The van der Waals surface area contributed by atoms with Crippen molar-refractivity contribution in [3.63, 3.8) is 0 Å². The molecule has 1 saturated carbocycles. The molecular formula is C23H30F2N4O3S. The third-order valence-electron chi connectivity index (χ3n) is 5.25. The molecule has 1 aliphatic carbocycles. The van der Waals surface area contributed by atoms with E-state index in [1.165, 1.54) is 12.1 Å². The van der Waals surface area contributed by atoms with Crippen LogP contribution in [-0.4, -0.2) is 35.8 Å². The molecule has 33 heavy (non-hydrogen) atoms. The molecule has 0 aliphatic heterocycles. The van der Waals surface area contributed by atoms with Crippen molar-refractivity contribution >= 4 is 21.6 Å². The van der Waals surface area contributed by atoms with E-state index in [1.807, 2.05) is 32.8 Å². The Labute approximate surface area is 193 Å². The molecule has 3 N–H and O–H groups in total. The second-order valence-electron chi connectivity index (χ2n) is 8.76. The first kappa shape index (κ1) is 25.1. The van der Waals surface area contributed by atoms with Crippen molar-refractivity contribution in [3.8, 4) is 5.75 Å². The standard InChI is InChI=1S/C23H30F2N4O3S/c1-14(2)19-11-17(32-22(24)25)12-20(16-7-8-16)21(19)27-23(30)28-33(26,31)18-9-5-15(6-10-18)13-29(3)4/h5-6,9-12,14,16,22H,7-8,13H2,1-4H3,(H3,26,27,28,30,31). The van der Waals surface area contributed by atoms with Gasteiger partial charge in [-0.1, -0.05) is 26.0 Å². The van der Waals surface area contributed by atoms with E-state index in [4.69, 9.17) is 5.14 Å². The number of nitrogens with zero attached hydrogens (tertiary/aromatic N) is 2. The molecule has 10 heteroatoms. The van der Waals surface area contributed by atoms with E-state index in [9.17, 15) is 17.8 Å². The molecule has 0 radical (unpaired) electrons. The van der Waals surface area contributed by atoms with Crippen LogP contribution in [0.1, 0.15) is 55.2 Å². The molecule has 7 nitrogen and oxygen atoms in total.